The fourth-order valence-electron chi connectivity index (χ4n) is 1.85. The van der Waals surface area contributed by atoms with E-state index in [1.807, 2.05) is 6.07 Å². The molecule has 0 aromatic heterocycles. The van der Waals surface area contributed by atoms with E-state index in [4.69, 9.17) is 21.5 Å². The number of hydrogen-bond acceptors (Lipinski definition) is 4. The Labute approximate surface area is 120 Å². The number of nitrogens with zero attached hydrogens (tertiary/aromatic N) is 1. The van der Waals surface area contributed by atoms with Crippen LogP contribution in [0.25, 0.3) is 0 Å². The predicted octanol–water partition coefficient (Wildman–Crippen LogP) is 1.96. The molecule has 0 saturated heterocycles. The van der Waals surface area contributed by atoms with Crippen molar-refractivity contribution in [2.45, 2.75) is 6.61 Å². The zero-order chi connectivity index (χ0) is 15.4. The summed E-state index contributed by atoms with van der Waals surface area (Å²) in [5.74, 6) is -1.04. The smallest absolute Gasteiger partial charge is 0.252 e. The second kappa shape index (κ2) is 5.92. The second-order valence-corrected chi connectivity index (χ2v) is 4.29. The fourth-order valence-corrected chi connectivity index (χ4v) is 1.85. The van der Waals surface area contributed by atoms with Gasteiger partial charge < -0.3 is 16.2 Å². The summed E-state index contributed by atoms with van der Waals surface area (Å²) in [6.45, 7) is -0.102. The highest BCUT2D eigenvalue weighted by molar-refractivity contribution is 5.97. The summed E-state index contributed by atoms with van der Waals surface area (Å²) in [6.07, 6.45) is 0. The first kappa shape index (κ1) is 14.3. The molecule has 0 saturated carbocycles. The van der Waals surface area contributed by atoms with Gasteiger partial charge in [-0.3, -0.25) is 4.79 Å². The van der Waals surface area contributed by atoms with E-state index in [-0.39, 0.29) is 29.2 Å². The minimum Gasteiger partial charge on any atom is -0.486 e. The summed E-state index contributed by atoms with van der Waals surface area (Å²) in [5.41, 5.74) is 12.0. The molecule has 0 radical (unpaired) electrons. The monoisotopic (exact) mass is 285 g/mol. The number of carbonyl (C=O) groups is 1. The maximum Gasteiger partial charge on any atom is 0.252 e. The number of ether oxygens (including phenoxy) is 1. The highest BCUT2D eigenvalue weighted by atomic mass is 19.1. The molecule has 0 heterocycles. The van der Waals surface area contributed by atoms with Gasteiger partial charge in [0.05, 0.1) is 22.9 Å². The van der Waals surface area contributed by atoms with Crippen molar-refractivity contribution in [1.82, 2.24) is 0 Å². The third-order valence-electron chi connectivity index (χ3n) is 2.87. The van der Waals surface area contributed by atoms with Crippen LogP contribution in [0.3, 0.4) is 0 Å². The second-order valence-electron chi connectivity index (χ2n) is 4.29. The van der Waals surface area contributed by atoms with Crippen molar-refractivity contribution < 1.29 is 13.9 Å². The van der Waals surface area contributed by atoms with Crippen molar-refractivity contribution in [3.05, 3.63) is 58.9 Å². The number of nitrogen functional groups attached to an aromatic ring is 1. The van der Waals surface area contributed by atoms with Gasteiger partial charge in [0, 0.05) is 5.56 Å². The van der Waals surface area contributed by atoms with Gasteiger partial charge in [-0.1, -0.05) is 6.07 Å². The van der Waals surface area contributed by atoms with Gasteiger partial charge in [0.2, 0.25) is 0 Å². The van der Waals surface area contributed by atoms with E-state index < -0.39 is 11.7 Å². The molecule has 0 spiro atoms. The third kappa shape index (κ3) is 3.09. The van der Waals surface area contributed by atoms with Gasteiger partial charge in [-0.05, 0) is 30.3 Å². The summed E-state index contributed by atoms with van der Waals surface area (Å²) in [4.78, 5) is 11.3. The minimum atomic E-state index is -0.683. The average molecular weight is 285 g/mol. The number of halogens is 1. The first-order valence-electron chi connectivity index (χ1n) is 6.02. The van der Waals surface area contributed by atoms with Crippen LogP contribution >= 0.6 is 0 Å². The van der Waals surface area contributed by atoms with Crippen molar-refractivity contribution in [3.63, 3.8) is 0 Å². The Kier molecular flexibility index (Phi) is 4.05. The molecule has 0 bridgehead atoms. The van der Waals surface area contributed by atoms with Gasteiger partial charge in [0.1, 0.15) is 12.4 Å². The molecule has 106 valence electrons. The van der Waals surface area contributed by atoms with Crippen LogP contribution in [-0.2, 0) is 6.61 Å². The molecule has 0 fully saturated rings. The maximum absolute atomic E-state index is 13.2. The van der Waals surface area contributed by atoms with Crippen LogP contribution in [-0.4, -0.2) is 5.91 Å². The number of nitriles is 1. The minimum absolute atomic E-state index is 0.102. The van der Waals surface area contributed by atoms with E-state index in [1.54, 1.807) is 12.1 Å². The normalized spacial score (nSPS) is 9.90. The van der Waals surface area contributed by atoms with Gasteiger partial charge in [-0.2, -0.15) is 5.26 Å². The molecule has 21 heavy (non-hydrogen) atoms. The molecule has 6 heteroatoms. The van der Waals surface area contributed by atoms with E-state index >= 15 is 0 Å². The number of amides is 1. The number of primary amides is 1. The van der Waals surface area contributed by atoms with Gasteiger partial charge in [0.25, 0.3) is 5.91 Å². The van der Waals surface area contributed by atoms with Crippen LogP contribution in [0.2, 0.25) is 0 Å². The number of hydrogen-bond donors (Lipinski definition) is 2. The van der Waals surface area contributed by atoms with Crippen molar-refractivity contribution in [3.8, 4) is 11.8 Å². The summed E-state index contributed by atoms with van der Waals surface area (Å²) < 4.78 is 18.7. The zero-order valence-corrected chi connectivity index (χ0v) is 11.0. The van der Waals surface area contributed by atoms with Gasteiger partial charge >= 0.3 is 0 Å². The molecule has 2 aromatic carbocycles. The van der Waals surface area contributed by atoms with Crippen molar-refractivity contribution in [2.24, 2.45) is 5.73 Å². The molecule has 0 aliphatic carbocycles. The molecule has 0 unspecified atom stereocenters. The lowest BCUT2D eigenvalue weighted by atomic mass is 10.1. The van der Waals surface area contributed by atoms with E-state index in [0.29, 0.717) is 5.56 Å². The van der Waals surface area contributed by atoms with Gasteiger partial charge in [-0.25, -0.2) is 4.39 Å². The Morgan fingerprint density at radius 3 is 2.76 bits per heavy atom. The topological polar surface area (TPSA) is 102 Å². The van der Waals surface area contributed by atoms with Crippen LogP contribution in [0.5, 0.6) is 5.75 Å². The third-order valence-corrected chi connectivity index (χ3v) is 2.87. The fraction of sp³-hybridized carbons (Fsp3) is 0.0667. The van der Waals surface area contributed by atoms with E-state index in [0.717, 1.165) is 0 Å². The zero-order valence-electron chi connectivity index (χ0n) is 11.0. The highest BCUT2D eigenvalue weighted by Gasteiger charge is 2.13. The molecule has 0 aliphatic heterocycles. The molecule has 2 aromatic rings. The summed E-state index contributed by atoms with van der Waals surface area (Å²) >= 11 is 0. The van der Waals surface area contributed by atoms with Gasteiger partial charge in [-0.15, -0.1) is 0 Å². The SMILES string of the molecule is N#Cc1ccc(F)cc1COc1c(N)cccc1C(N)=O. The van der Waals surface area contributed by atoms with Crippen LogP contribution in [0, 0.1) is 17.1 Å². The lowest BCUT2D eigenvalue weighted by Crippen LogP contribution is -2.14. The number of rotatable bonds is 4. The van der Waals surface area contributed by atoms with Crippen LogP contribution < -0.4 is 16.2 Å². The Morgan fingerprint density at radius 2 is 2.10 bits per heavy atom. The largest absolute Gasteiger partial charge is 0.486 e. The first-order valence-corrected chi connectivity index (χ1v) is 6.02. The number of anilines is 1. The van der Waals surface area contributed by atoms with Crippen LogP contribution in [0.1, 0.15) is 21.5 Å². The van der Waals surface area contributed by atoms with Gasteiger partial charge in [0.15, 0.2) is 5.75 Å². The van der Waals surface area contributed by atoms with Crippen molar-refractivity contribution >= 4 is 11.6 Å². The maximum atomic E-state index is 13.2. The first-order chi connectivity index (χ1) is 10.0. The predicted molar refractivity (Wildman–Crippen MR) is 74.8 cm³/mol. The molecule has 4 N–H and O–H groups in total. The molecule has 0 aliphatic rings. The van der Waals surface area contributed by atoms with E-state index in [1.165, 1.54) is 24.3 Å². The molecular formula is C15H12FN3O2. The quantitative estimate of drug-likeness (QED) is 0.838. The van der Waals surface area contributed by atoms with Crippen molar-refractivity contribution in [2.75, 3.05) is 5.73 Å². The summed E-state index contributed by atoms with van der Waals surface area (Å²) in [7, 11) is 0. The molecular weight excluding hydrogens is 273 g/mol. The Balaban J connectivity index is 2.31. The molecule has 2 rings (SSSR count). The highest BCUT2D eigenvalue weighted by Crippen LogP contribution is 2.27. The standard InChI is InChI=1S/C15H12FN3O2/c16-11-5-4-9(7-17)10(6-11)8-21-14-12(15(19)20)2-1-3-13(14)18/h1-6H,8,18H2,(H2,19,20). The van der Waals surface area contributed by atoms with E-state index in [2.05, 4.69) is 0 Å². The van der Waals surface area contributed by atoms with E-state index in [9.17, 15) is 9.18 Å². The van der Waals surface area contributed by atoms with Crippen LogP contribution in [0.15, 0.2) is 36.4 Å². The molecule has 5 nitrogen and oxygen atoms in total. The molecule has 1 amide bonds. The Morgan fingerprint density at radius 1 is 1.33 bits per heavy atom. The lowest BCUT2D eigenvalue weighted by molar-refractivity contribution is 0.0996. The summed E-state index contributed by atoms with van der Waals surface area (Å²) in [5, 5.41) is 8.98. The number of nitrogens with two attached hydrogens (primary N) is 2. The lowest BCUT2D eigenvalue weighted by Gasteiger charge is -2.12. The number of benzene rings is 2. The summed E-state index contributed by atoms with van der Waals surface area (Å²) in [6, 6.07) is 10.3. The number of carbonyl (C=O) groups excluding carboxylic acids is 1. The number of para-hydroxylation sites is 1. The van der Waals surface area contributed by atoms with Crippen molar-refractivity contribution in [1.29, 1.82) is 5.26 Å². The average Bonchev–Trinajstić information content (AvgIpc) is 2.45. The van der Waals surface area contributed by atoms with Crippen LogP contribution in [0.4, 0.5) is 10.1 Å². The molecule has 0 atom stereocenters. The Hall–Kier alpha value is -3.07. The Bertz CT molecular complexity index is 738.